The molecule has 0 fully saturated rings. The third-order valence-electron chi connectivity index (χ3n) is 2.57. The van der Waals surface area contributed by atoms with Crippen LogP contribution in [-0.2, 0) is 0 Å². The summed E-state index contributed by atoms with van der Waals surface area (Å²) in [5.74, 6) is -1.62. The van der Waals surface area contributed by atoms with Gasteiger partial charge in [-0.05, 0) is 31.7 Å². The average molecular weight is 214 g/mol. The first kappa shape index (κ1) is 12.1. The molecule has 1 atom stereocenters. The monoisotopic (exact) mass is 214 g/mol. The zero-order valence-corrected chi connectivity index (χ0v) is 9.00. The highest BCUT2D eigenvalue weighted by Crippen LogP contribution is 2.20. The molecule has 1 unspecified atom stereocenters. The summed E-state index contributed by atoms with van der Waals surface area (Å²) in [6, 6.07) is 4.00. The maximum absolute atomic E-state index is 13.0. The highest BCUT2D eigenvalue weighted by Gasteiger charge is 2.12. The van der Waals surface area contributed by atoms with Crippen molar-refractivity contribution in [3.63, 3.8) is 0 Å². The van der Waals surface area contributed by atoms with Crippen molar-refractivity contribution in [2.45, 2.75) is 13.0 Å². The molecule has 0 aromatic heterocycles. The Balaban J connectivity index is 2.81. The molecule has 0 heterocycles. The second-order valence-corrected chi connectivity index (χ2v) is 3.62. The number of halogens is 2. The van der Waals surface area contributed by atoms with E-state index < -0.39 is 11.6 Å². The molecule has 1 rings (SSSR count). The van der Waals surface area contributed by atoms with E-state index in [0.717, 1.165) is 18.2 Å². The third kappa shape index (κ3) is 2.97. The van der Waals surface area contributed by atoms with Gasteiger partial charge in [-0.2, -0.15) is 0 Å². The van der Waals surface area contributed by atoms with Gasteiger partial charge in [0.25, 0.3) is 0 Å². The minimum Gasteiger partial charge on any atom is -0.329 e. The normalized spacial score (nSPS) is 13.2. The molecule has 0 spiro atoms. The van der Waals surface area contributed by atoms with Crippen LogP contribution in [0.5, 0.6) is 0 Å². The summed E-state index contributed by atoms with van der Waals surface area (Å²) >= 11 is 0. The van der Waals surface area contributed by atoms with Crippen LogP contribution in [0.1, 0.15) is 18.5 Å². The van der Waals surface area contributed by atoms with Crippen LogP contribution < -0.4 is 5.73 Å². The standard InChI is InChI=1S/C11H16F2N2/c1-8(15(2)6-5-14)9-3-4-10(12)11(13)7-9/h3-4,7-8H,5-6,14H2,1-2H3. The molecule has 0 saturated heterocycles. The van der Waals surface area contributed by atoms with E-state index in [1.165, 1.54) is 6.07 Å². The Morgan fingerprint density at radius 3 is 2.53 bits per heavy atom. The van der Waals surface area contributed by atoms with Crippen LogP contribution in [0, 0.1) is 11.6 Å². The van der Waals surface area contributed by atoms with E-state index in [4.69, 9.17) is 5.73 Å². The first-order valence-corrected chi connectivity index (χ1v) is 4.91. The first-order chi connectivity index (χ1) is 7.06. The fourth-order valence-corrected chi connectivity index (χ4v) is 1.42. The lowest BCUT2D eigenvalue weighted by molar-refractivity contribution is 0.268. The fourth-order valence-electron chi connectivity index (χ4n) is 1.42. The lowest BCUT2D eigenvalue weighted by atomic mass is 10.1. The van der Waals surface area contributed by atoms with Gasteiger partial charge in [0.1, 0.15) is 0 Å². The van der Waals surface area contributed by atoms with Crippen LogP contribution >= 0.6 is 0 Å². The molecule has 0 saturated carbocycles. The van der Waals surface area contributed by atoms with Gasteiger partial charge in [-0.15, -0.1) is 0 Å². The molecule has 84 valence electrons. The molecular weight excluding hydrogens is 198 g/mol. The van der Waals surface area contributed by atoms with Gasteiger partial charge in [0.05, 0.1) is 0 Å². The number of hydrogen-bond donors (Lipinski definition) is 1. The molecule has 0 aliphatic rings. The summed E-state index contributed by atoms with van der Waals surface area (Å²) in [5, 5.41) is 0. The second-order valence-electron chi connectivity index (χ2n) is 3.62. The molecule has 2 N–H and O–H groups in total. The minimum atomic E-state index is -0.813. The Hall–Kier alpha value is -1.00. The third-order valence-corrected chi connectivity index (χ3v) is 2.57. The fraction of sp³-hybridized carbons (Fsp3) is 0.455. The maximum atomic E-state index is 13.0. The summed E-state index contributed by atoms with van der Waals surface area (Å²) in [6.07, 6.45) is 0. The van der Waals surface area contributed by atoms with Crippen molar-refractivity contribution < 1.29 is 8.78 Å². The number of rotatable bonds is 4. The summed E-state index contributed by atoms with van der Waals surface area (Å²) in [4.78, 5) is 1.99. The molecular formula is C11H16F2N2. The topological polar surface area (TPSA) is 29.3 Å². The van der Waals surface area contributed by atoms with Gasteiger partial charge >= 0.3 is 0 Å². The molecule has 0 radical (unpaired) electrons. The molecule has 0 bridgehead atoms. The number of hydrogen-bond acceptors (Lipinski definition) is 2. The van der Waals surface area contributed by atoms with Crippen LogP contribution in [0.3, 0.4) is 0 Å². The Morgan fingerprint density at radius 2 is 2.00 bits per heavy atom. The molecule has 0 amide bonds. The Kier molecular flexibility index (Phi) is 4.17. The second kappa shape index (κ2) is 5.19. The van der Waals surface area contributed by atoms with Gasteiger partial charge in [0, 0.05) is 19.1 Å². The molecule has 1 aromatic carbocycles. The van der Waals surface area contributed by atoms with Crippen molar-refractivity contribution in [3.05, 3.63) is 35.4 Å². The number of benzene rings is 1. The highest BCUT2D eigenvalue weighted by atomic mass is 19.2. The Morgan fingerprint density at radius 1 is 1.33 bits per heavy atom. The van der Waals surface area contributed by atoms with Gasteiger partial charge < -0.3 is 5.73 Å². The lowest BCUT2D eigenvalue weighted by Crippen LogP contribution is -2.28. The Bertz CT molecular complexity index is 328. The van der Waals surface area contributed by atoms with E-state index in [-0.39, 0.29) is 6.04 Å². The van der Waals surface area contributed by atoms with Crippen molar-refractivity contribution in [3.8, 4) is 0 Å². The van der Waals surface area contributed by atoms with E-state index in [9.17, 15) is 8.78 Å². The van der Waals surface area contributed by atoms with Crippen LogP contribution in [0.25, 0.3) is 0 Å². The predicted molar refractivity (Wildman–Crippen MR) is 56.5 cm³/mol. The van der Waals surface area contributed by atoms with Crippen molar-refractivity contribution in [1.29, 1.82) is 0 Å². The van der Waals surface area contributed by atoms with Gasteiger partial charge in [0.2, 0.25) is 0 Å². The van der Waals surface area contributed by atoms with E-state index in [0.29, 0.717) is 6.54 Å². The highest BCUT2D eigenvalue weighted by molar-refractivity contribution is 5.20. The summed E-state index contributed by atoms with van der Waals surface area (Å²) < 4.78 is 25.7. The summed E-state index contributed by atoms with van der Waals surface area (Å²) in [7, 11) is 1.90. The molecule has 0 aliphatic heterocycles. The Labute approximate surface area is 88.7 Å². The van der Waals surface area contributed by atoms with Gasteiger partial charge in [-0.25, -0.2) is 8.78 Å². The van der Waals surface area contributed by atoms with E-state index >= 15 is 0 Å². The van der Waals surface area contributed by atoms with Crippen LogP contribution in [-0.4, -0.2) is 25.0 Å². The van der Waals surface area contributed by atoms with Crippen LogP contribution in [0.4, 0.5) is 8.78 Å². The average Bonchev–Trinajstić information content (AvgIpc) is 2.21. The van der Waals surface area contributed by atoms with Crippen molar-refractivity contribution >= 4 is 0 Å². The largest absolute Gasteiger partial charge is 0.329 e. The number of nitrogens with two attached hydrogens (primary N) is 1. The van der Waals surface area contributed by atoms with Crippen LogP contribution in [0.2, 0.25) is 0 Å². The molecule has 4 heteroatoms. The zero-order chi connectivity index (χ0) is 11.4. The quantitative estimate of drug-likeness (QED) is 0.829. The zero-order valence-electron chi connectivity index (χ0n) is 9.00. The lowest BCUT2D eigenvalue weighted by Gasteiger charge is -2.24. The smallest absolute Gasteiger partial charge is 0.159 e. The van der Waals surface area contributed by atoms with Crippen molar-refractivity contribution in [2.75, 3.05) is 20.1 Å². The summed E-state index contributed by atoms with van der Waals surface area (Å²) in [6.45, 7) is 3.20. The maximum Gasteiger partial charge on any atom is 0.159 e. The minimum absolute atomic E-state index is 0.0312. The van der Waals surface area contributed by atoms with Gasteiger partial charge in [-0.1, -0.05) is 6.07 Å². The van der Waals surface area contributed by atoms with Crippen molar-refractivity contribution in [2.24, 2.45) is 5.73 Å². The molecule has 1 aromatic rings. The van der Waals surface area contributed by atoms with E-state index in [1.807, 2.05) is 18.9 Å². The molecule has 0 aliphatic carbocycles. The van der Waals surface area contributed by atoms with Gasteiger partial charge in [0.15, 0.2) is 11.6 Å². The molecule has 2 nitrogen and oxygen atoms in total. The van der Waals surface area contributed by atoms with E-state index in [1.54, 1.807) is 6.07 Å². The SMILES string of the molecule is CC(c1ccc(F)c(F)c1)N(C)CCN. The number of likely N-dealkylation sites (N-methyl/N-ethyl adjacent to an activating group) is 1. The van der Waals surface area contributed by atoms with Crippen LogP contribution in [0.15, 0.2) is 18.2 Å². The van der Waals surface area contributed by atoms with Crippen molar-refractivity contribution in [1.82, 2.24) is 4.90 Å². The molecule has 15 heavy (non-hydrogen) atoms. The summed E-state index contributed by atoms with van der Waals surface area (Å²) in [5.41, 5.74) is 6.18. The predicted octanol–water partition coefficient (Wildman–Crippen LogP) is 1.92. The van der Waals surface area contributed by atoms with E-state index in [2.05, 4.69) is 0 Å². The first-order valence-electron chi connectivity index (χ1n) is 4.91. The van der Waals surface area contributed by atoms with Gasteiger partial charge in [-0.3, -0.25) is 4.90 Å². The number of nitrogens with zero attached hydrogens (tertiary/aromatic N) is 1.